The van der Waals surface area contributed by atoms with Crippen molar-refractivity contribution in [3.05, 3.63) is 23.8 Å². The van der Waals surface area contributed by atoms with Crippen LogP contribution in [0.1, 0.15) is 30.1 Å². The average Bonchev–Trinajstić information content (AvgIpc) is 2.42. The molecule has 2 rings (SSSR count). The van der Waals surface area contributed by atoms with Gasteiger partial charge < -0.3 is 20.5 Å². The summed E-state index contributed by atoms with van der Waals surface area (Å²) in [5.41, 5.74) is 7.71. The third-order valence-corrected chi connectivity index (χ3v) is 3.16. The van der Waals surface area contributed by atoms with Crippen LogP contribution in [-0.4, -0.2) is 31.8 Å². The van der Waals surface area contributed by atoms with Crippen LogP contribution in [0.25, 0.3) is 0 Å². The summed E-state index contributed by atoms with van der Waals surface area (Å²) in [5, 5.41) is 3.35. The minimum absolute atomic E-state index is 0.284. The topological polar surface area (TPSA) is 73.6 Å². The van der Waals surface area contributed by atoms with Crippen LogP contribution in [0.15, 0.2) is 18.2 Å². The van der Waals surface area contributed by atoms with Crippen molar-refractivity contribution in [2.45, 2.75) is 25.8 Å². The van der Waals surface area contributed by atoms with Gasteiger partial charge in [0.2, 0.25) is 0 Å². The summed E-state index contributed by atoms with van der Waals surface area (Å²) in [7, 11) is 0. The molecule has 0 amide bonds. The lowest BCUT2D eigenvalue weighted by atomic mass is 10.1. The van der Waals surface area contributed by atoms with Crippen LogP contribution >= 0.6 is 0 Å². The van der Waals surface area contributed by atoms with Crippen molar-refractivity contribution in [3.8, 4) is 0 Å². The van der Waals surface area contributed by atoms with Crippen LogP contribution in [0, 0.1) is 0 Å². The van der Waals surface area contributed by atoms with E-state index < -0.39 is 0 Å². The van der Waals surface area contributed by atoms with Gasteiger partial charge >= 0.3 is 5.97 Å². The Hall–Kier alpha value is -1.75. The molecule has 0 atom stereocenters. The molecule has 3 N–H and O–H groups in total. The number of nitrogens with one attached hydrogen (secondary N) is 1. The number of hydrogen-bond acceptors (Lipinski definition) is 5. The number of carbonyl (C=O) groups is 1. The Labute approximate surface area is 113 Å². The molecule has 1 fully saturated rings. The van der Waals surface area contributed by atoms with Crippen molar-refractivity contribution in [1.82, 2.24) is 0 Å². The Balaban J connectivity index is 2.19. The Bertz CT molecular complexity index is 442. The van der Waals surface area contributed by atoms with E-state index in [4.69, 9.17) is 15.2 Å². The van der Waals surface area contributed by atoms with E-state index in [2.05, 4.69) is 5.32 Å². The van der Waals surface area contributed by atoms with Gasteiger partial charge in [0.05, 0.1) is 23.5 Å². The van der Waals surface area contributed by atoms with E-state index in [0.717, 1.165) is 26.1 Å². The minimum Gasteiger partial charge on any atom is -0.462 e. The number of rotatable bonds is 4. The number of nitrogens with two attached hydrogens (primary N) is 1. The highest BCUT2D eigenvalue weighted by molar-refractivity contribution is 5.98. The molecule has 5 nitrogen and oxygen atoms in total. The standard InChI is InChI=1S/C14H20N2O3/c1-2-19-14(17)11-4-3-5-12(15)13(11)16-10-6-8-18-9-7-10/h3-5,10,16H,2,6-9,15H2,1H3. The monoisotopic (exact) mass is 264 g/mol. The number of para-hydroxylation sites is 1. The zero-order chi connectivity index (χ0) is 13.7. The van der Waals surface area contributed by atoms with Crippen LogP contribution < -0.4 is 11.1 Å². The predicted octanol–water partition coefficient (Wildman–Crippen LogP) is 2.04. The first-order valence-electron chi connectivity index (χ1n) is 6.62. The number of carbonyl (C=O) groups excluding carboxylic acids is 1. The second kappa shape index (κ2) is 6.43. The molecule has 19 heavy (non-hydrogen) atoms. The number of hydrogen-bond donors (Lipinski definition) is 2. The highest BCUT2D eigenvalue weighted by Gasteiger charge is 2.19. The van der Waals surface area contributed by atoms with E-state index in [1.54, 1.807) is 25.1 Å². The molecule has 0 aliphatic carbocycles. The van der Waals surface area contributed by atoms with Crippen molar-refractivity contribution in [1.29, 1.82) is 0 Å². The summed E-state index contributed by atoms with van der Waals surface area (Å²) in [5.74, 6) is -0.343. The quantitative estimate of drug-likeness (QED) is 0.643. The van der Waals surface area contributed by atoms with Crippen LogP contribution in [0.5, 0.6) is 0 Å². The maximum atomic E-state index is 11.9. The van der Waals surface area contributed by atoms with E-state index in [-0.39, 0.29) is 12.0 Å². The van der Waals surface area contributed by atoms with Crippen molar-refractivity contribution in [2.75, 3.05) is 30.9 Å². The number of anilines is 2. The van der Waals surface area contributed by atoms with Crippen LogP contribution in [0.2, 0.25) is 0 Å². The normalized spacial score (nSPS) is 16.1. The van der Waals surface area contributed by atoms with Crippen LogP contribution in [0.3, 0.4) is 0 Å². The molecule has 1 aromatic carbocycles. The molecule has 0 radical (unpaired) electrons. The first-order chi connectivity index (χ1) is 9.22. The van der Waals surface area contributed by atoms with Crippen molar-refractivity contribution in [3.63, 3.8) is 0 Å². The van der Waals surface area contributed by atoms with Crippen molar-refractivity contribution in [2.24, 2.45) is 0 Å². The largest absolute Gasteiger partial charge is 0.462 e. The Morgan fingerprint density at radius 1 is 1.47 bits per heavy atom. The molecular weight excluding hydrogens is 244 g/mol. The van der Waals surface area contributed by atoms with Gasteiger partial charge in [0, 0.05) is 19.3 Å². The van der Waals surface area contributed by atoms with E-state index in [1.807, 2.05) is 0 Å². The van der Waals surface area contributed by atoms with E-state index in [9.17, 15) is 4.79 Å². The third kappa shape index (κ3) is 3.38. The maximum absolute atomic E-state index is 11.9. The zero-order valence-electron chi connectivity index (χ0n) is 11.1. The Morgan fingerprint density at radius 2 is 2.21 bits per heavy atom. The molecule has 104 valence electrons. The smallest absolute Gasteiger partial charge is 0.340 e. The highest BCUT2D eigenvalue weighted by Crippen LogP contribution is 2.26. The Kier molecular flexibility index (Phi) is 4.63. The summed E-state index contributed by atoms with van der Waals surface area (Å²) in [4.78, 5) is 11.9. The zero-order valence-corrected chi connectivity index (χ0v) is 11.1. The lowest BCUT2D eigenvalue weighted by Gasteiger charge is -2.25. The lowest BCUT2D eigenvalue weighted by Crippen LogP contribution is -2.29. The molecule has 5 heteroatoms. The van der Waals surface area contributed by atoms with Gasteiger partial charge in [0.1, 0.15) is 0 Å². The maximum Gasteiger partial charge on any atom is 0.340 e. The van der Waals surface area contributed by atoms with E-state index >= 15 is 0 Å². The molecular formula is C14H20N2O3. The summed E-state index contributed by atoms with van der Waals surface area (Å²) >= 11 is 0. The molecule has 1 aliphatic heterocycles. The minimum atomic E-state index is -0.343. The summed E-state index contributed by atoms with van der Waals surface area (Å²) in [6.07, 6.45) is 1.83. The second-order valence-electron chi connectivity index (χ2n) is 4.52. The van der Waals surface area contributed by atoms with Crippen LogP contribution in [-0.2, 0) is 9.47 Å². The summed E-state index contributed by atoms with van der Waals surface area (Å²) in [6, 6.07) is 5.56. The summed E-state index contributed by atoms with van der Waals surface area (Å²) in [6.45, 7) is 3.61. The van der Waals surface area contributed by atoms with Gasteiger partial charge in [0.25, 0.3) is 0 Å². The molecule has 0 unspecified atom stereocenters. The van der Waals surface area contributed by atoms with Gasteiger partial charge in [-0.2, -0.15) is 0 Å². The van der Waals surface area contributed by atoms with Gasteiger partial charge in [-0.15, -0.1) is 0 Å². The number of esters is 1. The lowest BCUT2D eigenvalue weighted by molar-refractivity contribution is 0.0527. The molecule has 0 spiro atoms. The fraction of sp³-hybridized carbons (Fsp3) is 0.500. The van der Waals surface area contributed by atoms with Crippen LogP contribution in [0.4, 0.5) is 11.4 Å². The first-order valence-corrected chi connectivity index (χ1v) is 6.62. The van der Waals surface area contributed by atoms with Gasteiger partial charge in [-0.05, 0) is 31.9 Å². The first kappa shape index (κ1) is 13.7. The number of ether oxygens (including phenoxy) is 2. The molecule has 1 heterocycles. The van der Waals surface area contributed by atoms with Gasteiger partial charge in [-0.1, -0.05) is 6.07 Å². The Morgan fingerprint density at radius 3 is 2.89 bits per heavy atom. The summed E-state index contributed by atoms with van der Waals surface area (Å²) < 4.78 is 10.4. The molecule has 1 aromatic rings. The average molecular weight is 264 g/mol. The molecule has 1 aliphatic rings. The van der Waals surface area contributed by atoms with E-state index in [1.165, 1.54) is 0 Å². The van der Waals surface area contributed by atoms with E-state index in [0.29, 0.717) is 23.5 Å². The highest BCUT2D eigenvalue weighted by atomic mass is 16.5. The van der Waals surface area contributed by atoms with Gasteiger partial charge in [0.15, 0.2) is 0 Å². The fourth-order valence-corrected chi connectivity index (χ4v) is 2.16. The van der Waals surface area contributed by atoms with Gasteiger partial charge in [-0.25, -0.2) is 4.79 Å². The second-order valence-corrected chi connectivity index (χ2v) is 4.52. The molecule has 0 bridgehead atoms. The van der Waals surface area contributed by atoms with Crippen molar-refractivity contribution < 1.29 is 14.3 Å². The molecule has 0 saturated carbocycles. The molecule has 1 saturated heterocycles. The predicted molar refractivity (Wildman–Crippen MR) is 74.3 cm³/mol. The number of nitrogen functional groups attached to an aromatic ring is 1. The number of benzene rings is 1. The SMILES string of the molecule is CCOC(=O)c1cccc(N)c1NC1CCOCC1. The van der Waals surface area contributed by atoms with Gasteiger partial charge in [-0.3, -0.25) is 0 Å². The van der Waals surface area contributed by atoms with Crippen molar-refractivity contribution >= 4 is 17.3 Å². The molecule has 0 aromatic heterocycles. The fourth-order valence-electron chi connectivity index (χ4n) is 2.16. The third-order valence-electron chi connectivity index (χ3n) is 3.16.